The van der Waals surface area contributed by atoms with Crippen LogP contribution in [0, 0.1) is 0 Å². The van der Waals surface area contributed by atoms with E-state index < -0.39 is 5.56 Å². The van der Waals surface area contributed by atoms with Crippen LogP contribution in [-0.4, -0.2) is 41.2 Å². The monoisotopic (exact) mass is 338 g/mol. The van der Waals surface area contributed by atoms with Crippen molar-refractivity contribution >= 4 is 28.1 Å². The number of ether oxygens (including phenoxy) is 1. The topological polar surface area (TPSA) is 79.6 Å². The Morgan fingerprint density at radius 3 is 2.72 bits per heavy atom. The van der Waals surface area contributed by atoms with Crippen molar-refractivity contribution in [2.75, 3.05) is 36.5 Å². The Labute approximate surface area is 144 Å². The van der Waals surface area contributed by atoms with Gasteiger partial charge in [0.15, 0.2) is 5.65 Å². The van der Waals surface area contributed by atoms with E-state index in [-0.39, 0.29) is 5.65 Å². The minimum atomic E-state index is -0.530. The molecule has 2 N–H and O–H groups in total. The van der Waals surface area contributed by atoms with Gasteiger partial charge in [0.1, 0.15) is 0 Å². The Bertz CT molecular complexity index is 964. The number of pyridine rings is 2. The second-order valence-corrected chi connectivity index (χ2v) is 5.82. The average Bonchev–Trinajstić information content (AvgIpc) is 2.67. The first-order valence-corrected chi connectivity index (χ1v) is 8.13. The molecule has 0 saturated carbocycles. The molecule has 1 aromatic carbocycles. The van der Waals surface area contributed by atoms with Crippen LogP contribution in [0.3, 0.4) is 0 Å². The summed E-state index contributed by atoms with van der Waals surface area (Å²) in [6, 6.07) is 12.9. The number of rotatable bonds is 3. The largest absolute Gasteiger partial charge is 0.423 e. The third kappa shape index (κ3) is 2.89. The van der Waals surface area contributed by atoms with Gasteiger partial charge in [-0.15, -0.1) is 4.73 Å². The molecular weight excluding hydrogens is 320 g/mol. The predicted octanol–water partition coefficient (Wildman–Crippen LogP) is 2.21. The number of para-hydroxylation sites is 2. The van der Waals surface area contributed by atoms with Gasteiger partial charge in [0.05, 0.1) is 30.3 Å². The lowest BCUT2D eigenvalue weighted by Crippen LogP contribution is -2.36. The van der Waals surface area contributed by atoms with E-state index in [0.29, 0.717) is 29.0 Å². The van der Waals surface area contributed by atoms with Crippen molar-refractivity contribution in [2.24, 2.45) is 0 Å². The molecule has 0 aliphatic carbocycles. The van der Waals surface area contributed by atoms with Crippen LogP contribution in [0.25, 0.3) is 11.0 Å². The zero-order chi connectivity index (χ0) is 17.2. The van der Waals surface area contributed by atoms with E-state index in [0.717, 1.165) is 24.5 Å². The Morgan fingerprint density at radius 1 is 1.08 bits per heavy atom. The SMILES string of the molecule is O=c1cc(Nc2ccccc2N2CCOCC2)c2cccnc2n1O. The van der Waals surface area contributed by atoms with Gasteiger partial charge in [0.25, 0.3) is 5.56 Å². The van der Waals surface area contributed by atoms with Gasteiger partial charge in [-0.05, 0) is 24.3 Å². The normalized spacial score (nSPS) is 14.6. The summed E-state index contributed by atoms with van der Waals surface area (Å²) in [5.74, 6) is 0. The summed E-state index contributed by atoms with van der Waals surface area (Å²) in [5, 5.41) is 13.9. The third-order valence-electron chi connectivity index (χ3n) is 4.28. The Morgan fingerprint density at radius 2 is 1.88 bits per heavy atom. The summed E-state index contributed by atoms with van der Waals surface area (Å²) in [7, 11) is 0. The minimum absolute atomic E-state index is 0.223. The number of aromatic nitrogens is 2. The fourth-order valence-electron chi connectivity index (χ4n) is 3.05. The average molecular weight is 338 g/mol. The van der Waals surface area contributed by atoms with Gasteiger partial charge in [-0.1, -0.05) is 12.1 Å². The highest BCUT2D eigenvalue weighted by atomic mass is 16.5. The second-order valence-electron chi connectivity index (χ2n) is 5.82. The molecule has 0 bridgehead atoms. The number of nitrogens with zero attached hydrogens (tertiary/aromatic N) is 3. The van der Waals surface area contributed by atoms with Crippen LogP contribution in [0.1, 0.15) is 0 Å². The Hall–Kier alpha value is -3.06. The molecule has 0 unspecified atom stereocenters. The molecule has 0 radical (unpaired) electrons. The van der Waals surface area contributed by atoms with Crippen molar-refractivity contribution in [2.45, 2.75) is 0 Å². The minimum Gasteiger partial charge on any atom is -0.423 e. The van der Waals surface area contributed by atoms with Crippen molar-refractivity contribution < 1.29 is 9.94 Å². The van der Waals surface area contributed by atoms with Crippen LogP contribution in [-0.2, 0) is 4.74 Å². The lowest BCUT2D eigenvalue weighted by atomic mass is 10.2. The van der Waals surface area contributed by atoms with Gasteiger partial charge in [-0.25, -0.2) is 4.98 Å². The summed E-state index contributed by atoms with van der Waals surface area (Å²) in [6.07, 6.45) is 1.54. The van der Waals surface area contributed by atoms with Crippen molar-refractivity contribution in [3.05, 3.63) is 59.0 Å². The number of anilines is 3. The summed E-state index contributed by atoms with van der Waals surface area (Å²) < 4.78 is 5.99. The quantitative estimate of drug-likeness (QED) is 0.713. The highest BCUT2D eigenvalue weighted by Gasteiger charge is 2.16. The predicted molar refractivity (Wildman–Crippen MR) is 95.9 cm³/mol. The molecule has 7 heteroatoms. The molecule has 3 heterocycles. The molecule has 1 saturated heterocycles. The molecule has 1 aliphatic heterocycles. The van der Waals surface area contributed by atoms with E-state index in [4.69, 9.17) is 4.74 Å². The molecule has 128 valence electrons. The Kier molecular flexibility index (Phi) is 3.99. The van der Waals surface area contributed by atoms with Crippen LogP contribution in [0.2, 0.25) is 0 Å². The molecule has 7 nitrogen and oxygen atoms in total. The van der Waals surface area contributed by atoms with E-state index in [1.165, 1.54) is 6.07 Å². The Balaban J connectivity index is 1.78. The number of hydrogen-bond acceptors (Lipinski definition) is 6. The molecule has 0 atom stereocenters. The lowest BCUT2D eigenvalue weighted by molar-refractivity contribution is 0.123. The van der Waals surface area contributed by atoms with E-state index in [1.54, 1.807) is 12.3 Å². The summed E-state index contributed by atoms with van der Waals surface area (Å²) in [4.78, 5) is 18.4. The summed E-state index contributed by atoms with van der Waals surface area (Å²) >= 11 is 0. The third-order valence-corrected chi connectivity index (χ3v) is 4.28. The van der Waals surface area contributed by atoms with Crippen LogP contribution in [0.4, 0.5) is 17.1 Å². The van der Waals surface area contributed by atoms with Crippen molar-refractivity contribution in [1.29, 1.82) is 0 Å². The van der Waals surface area contributed by atoms with Crippen molar-refractivity contribution in [1.82, 2.24) is 9.71 Å². The van der Waals surface area contributed by atoms with E-state index in [2.05, 4.69) is 15.2 Å². The molecule has 3 aromatic rings. The van der Waals surface area contributed by atoms with Gasteiger partial charge < -0.3 is 20.2 Å². The molecule has 1 aliphatic rings. The fourth-order valence-corrected chi connectivity index (χ4v) is 3.05. The number of hydrogen-bond donors (Lipinski definition) is 2. The highest BCUT2D eigenvalue weighted by molar-refractivity contribution is 5.92. The van der Waals surface area contributed by atoms with Gasteiger partial charge >= 0.3 is 0 Å². The lowest BCUT2D eigenvalue weighted by Gasteiger charge is -2.30. The number of nitrogens with one attached hydrogen (secondary N) is 1. The molecule has 0 spiro atoms. The number of benzene rings is 1. The zero-order valence-corrected chi connectivity index (χ0v) is 13.6. The molecular formula is C18H18N4O3. The molecule has 4 rings (SSSR count). The maximum Gasteiger partial charge on any atom is 0.286 e. The van der Waals surface area contributed by atoms with Crippen molar-refractivity contribution in [3.8, 4) is 0 Å². The second kappa shape index (κ2) is 6.45. The van der Waals surface area contributed by atoms with Crippen LogP contribution >= 0.6 is 0 Å². The smallest absolute Gasteiger partial charge is 0.286 e. The van der Waals surface area contributed by atoms with Gasteiger partial charge in [-0.2, -0.15) is 0 Å². The molecule has 1 fully saturated rings. The van der Waals surface area contributed by atoms with E-state index >= 15 is 0 Å². The summed E-state index contributed by atoms with van der Waals surface area (Å²) in [6.45, 7) is 3.03. The first-order valence-electron chi connectivity index (χ1n) is 8.13. The molecule has 2 aromatic heterocycles. The fraction of sp³-hybridized carbons (Fsp3) is 0.222. The van der Waals surface area contributed by atoms with Gasteiger partial charge in [0, 0.05) is 30.7 Å². The highest BCUT2D eigenvalue weighted by Crippen LogP contribution is 2.31. The van der Waals surface area contributed by atoms with Crippen LogP contribution in [0.5, 0.6) is 0 Å². The standard InChI is InChI=1S/C18H18N4O3/c23-17-12-15(13-4-3-7-19-18(13)22(17)24)20-14-5-1-2-6-16(14)21-8-10-25-11-9-21/h1-7,12,20,24H,8-11H2. The first-order chi connectivity index (χ1) is 12.2. The van der Waals surface area contributed by atoms with Gasteiger partial charge in [-0.3, -0.25) is 4.79 Å². The van der Waals surface area contributed by atoms with Crippen molar-refractivity contribution in [3.63, 3.8) is 0 Å². The van der Waals surface area contributed by atoms with Crippen LogP contribution < -0.4 is 15.8 Å². The maximum absolute atomic E-state index is 12.0. The van der Waals surface area contributed by atoms with Crippen LogP contribution in [0.15, 0.2) is 53.5 Å². The molecule has 0 amide bonds. The maximum atomic E-state index is 12.0. The first kappa shape index (κ1) is 15.5. The number of fused-ring (bicyclic) bond motifs is 1. The van der Waals surface area contributed by atoms with Gasteiger partial charge in [0.2, 0.25) is 0 Å². The number of morpholine rings is 1. The molecule has 25 heavy (non-hydrogen) atoms. The summed E-state index contributed by atoms with van der Waals surface area (Å²) in [5.41, 5.74) is 2.25. The zero-order valence-electron chi connectivity index (χ0n) is 13.6. The van der Waals surface area contributed by atoms with E-state index in [9.17, 15) is 10.0 Å². The van der Waals surface area contributed by atoms with E-state index in [1.807, 2.05) is 30.3 Å².